The zero-order chi connectivity index (χ0) is 41.7. The highest BCUT2D eigenvalue weighted by Gasteiger charge is 2.50. The molecule has 2 unspecified atom stereocenters. The van der Waals surface area contributed by atoms with Crippen LogP contribution >= 0.6 is 11.6 Å². The number of piperidine rings is 1. The lowest BCUT2D eigenvalue weighted by molar-refractivity contribution is -0.131. The molecule has 2 atom stereocenters. The van der Waals surface area contributed by atoms with E-state index in [1.54, 1.807) is 11.7 Å². The number of amides is 5. The maximum absolute atomic E-state index is 16.1. The van der Waals surface area contributed by atoms with Crippen LogP contribution in [-0.4, -0.2) is 77.8 Å². The minimum atomic E-state index is -1.11. The van der Waals surface area contributed by atoms with Crippen molar-refractivity contribution >= 4 is 52.1 Å². The molecule has 59 heavy (non-hydrogen) atoms. The number of rotatable bonds is 10. The molecule has 13 nitrogen and oxygen atoms in total. The molecule has 5 amide bonds. The normalized spacial score (nSPS) is 19.5. The number of nitrogens with two attached hydrogens (primary N) is 1. The predicted molar refractivity (Wildman–Crippen MR) is 217 cm³/mol. The Balaban J connectivity index is 0.992. The van der Waals surface area contributed by atoms with E-state index in [0.717, 1.165) is 22.0 Å². The predicted octanol–water partition coefficient (Wildman–Crippen LogP) is 5.94. The van der Waals surface area contributed by atoms with Gasteiger partial charge < -0.3 is 25.4 Å². The number of benzene rings is 4. The van der Waals surface area contributed by atoms with E-state index in [-0.39, 0.29) is 77.0 Å². The zero-order valence-electron chi connectivity index (χ0n) is 32.6. The topological polar surface area (TPSA) is 161 Å². The highest BCUT2D eigenvalue weighted by atomic mass is 35.5. The van der Waals surface area contributed by atoms with Gasteiger partial charge in [-0.15, -0.1) is 0 Å². The third-order valence-corrected chi connectivity index (χ3v) is 12.2. The number of anilines is 1. The standard InChI is InChI=1S/C43H42ClF2N7O6/c1-23-35-32(21-29(45)38(44)37(35)36-28(40(47)56)11-12-31(58-3)39(36)46)59-43(23,25-7-5-4-6-8-25)22-48-26-13-16-52(17-14-26)34(55)20-24-9-10-27-30(19-24)51(2)50-41(27)53-18-15-33(54)49-42(53)57/h4-12,19,21,23,26,48H,13-18,20,22H2,1-3H3,(H2,47,56)(H,49,54,57). The molecule has 0 bridgehead atoms. The van der Waals surface area contributed by atoms with Crippen LogP contribution in [0.2, 0.25) is 5.02 Å². The van der Waals surface area contributed by atoms with Gasteiger partial charge >= 0.3 is 6.03 Å². The van der Waals surface area contributed by atoms with Gasteiger partial charge in [-0.3, -0.25) is 29.3 Å². The molecule has 3 aliphatic heterocycles. The van der Waals surface area contributed by atoms with E-state index in [9.17, 15) is 19.2 Å². The van der Waals surface area contributed by atoms with E-state index in [0.29, 0.717) is 37.3 Å². The Hall–Kier alpha value is -6.06. The number of nitrogens with zero attached hydrogens (tertiary/aromatic N) is 4. The molecule has 4 heterocycles. The fraction of sp³-hybridized carbons (Fsp3) is 0.326. The molecule has 4 aromatic carbocycles. The summed E-state index contributed by atoms with van der Waals surface area (Å²) in [5.74, 6) is -3.11. The molecule has 3 aliphatic rings. The van der Waals surface area contributed by atoms with Crippen molar-refractivity contribution in [3.05, 3.63) is 106 Å². The van der Waals surface area contributed by atoms with Crippen molar-refractivity contribution in [2.45, 2.75) is 50.2 Å². The van der Waals surface area contributed by atoms with Crippen molar-refractivity contribution in [3.63, 3.8) is 0 Å². The number of halogens is 3. The number of ether oxygens (including phenoxy) is 2. The number of nitrogens with one attached hydrogen (secondary N) is 2. The average Bonchev–Trinajstić information content (AvgIpc) is 3.70. The first kappa shape index (κ1) is 39.8. The second-order valence-electron chi connectivity index (χ2n) is 15.2. The Labute approximate surface area is 343 Å². The molecule has 0 saturated carbocycles. The van der Waals surface area contributed by atoms with E-state index in [2.05, 4.69) is 15.7 Å². The monoisotopic (exact) mass is 825 g/mol. The summed E-state index contributed by atoms with van der Waals surface area (Å²) >= 11 is 6.65. The molecule has 1 aromatic heterocycles. The lowest BCUT2D eigenvalue weighted by Gasteiger charge is -2.38. The molecule has 0 radical (unpaired) electrons. The van der Waals surface area contributed by atoms with Crippen LogP contribution in [0.1, 0.15) is 59.2 Å². The summed E-state index contributed by atoms with van der Waals surface area (Å²) in [6.07, 6.45) is 1.68. The van der Waals surface area contributed by atoms with E-state index >= 15 is 8.78 Å². The zero-order valence-corrected chi connectivity index (χ0v) is 33.4. The van der Waals surface area contributed by atoms with Crippen LogP contribution in [0.3, 0.4) is 0 Å². The SMILES string of the molecule is COc1ccc(C(N)=O)c(-c2c(Cl)c(F)cc3c2C(C)C(CNC2CCN(C(=O)Cc4ccc5c(N6CCC(=O)NC6=O)nn(C)c5c4)CC2)(c2ccccc2)O3)c1F. The van der Waals surface area contributed by atoms with Crippen molar-refractivity contribution in [1.29, 1.82) is 0 Å². The number of hydrogen-bond acceptors (Lipinski definition) is 8. The number of primary amides is 1. The Bertz CT molecular complexity index is 2530. The molecule has 0 aliphatic carbocycles. The Morgan fingerprint density at radius 2 is 1.80 bits per heavy atom. The maximum Gasteiger partial charge on any atom is 0.329 e. The number of carbonyl (C=O) groups excluding carboxylic acids is 4. The highest BCUT2D eigenvalue weighted by Crippen LogP contribution is 2.56. The molecule has 2 saturated heterocycles. The molecule has 8 rings (SSSR count). The minimum absolute atomic E-state index is 0.00253. The second kappa shape index (κ2) is 15.6. The van der Waals surface area contributed by atoms with E-state index in [4.69, 9.17) is 26.8 Å². The molecule has 0 spiro atoms. The number of aromatic nitrogens is 2. The number of aryl methyl sites for hydroxylation is 1. The fourth-order valence-corrected chi connectivity index (χ4v) is 8.90. The maximum atomic E-state index is 16.1. The summed E-state index contributed by atoms with van der Waals surface area (Å²) in [6, 6.07) is 18.4. The van der Waals surface area contributed by atoms with Crippen molar-refractivity contribution in [3.8, 4) is 22.6 Å². The molecule has 16 heteroatoms. The van der Waals surface area contributed by atoms with Gasteiger partial charge in [0.15, 0.2) is 23.0 Å². The van der Waals surface area contributed by atoms with E-state index < -0.39 is 35.1 Å². The van der Waals surface area contributed by atoms with Crippen LogP contribution in [0.25, 0.3) is 22.0 Å². The number of hydrogen-bond donors (Lipinski definition) is 3. The quantitative estimate of drug-likeness (QED) is 0.156. The second-order valence-corrected chi connectivity index (χ2v) is 15.6. The van der Waals surface area contributed by atoms with Gasteiger partial charge in [-0.05, 0) is 48.2 Å². The van der Waals surface area contributed by atoms with Crippen LogP contribution in [0.5, 0.6) is 11.5 Å². The van der Waals surface area contributed by atoms with Crippen LogP contribution in [0, 0.1) is 11.6 Å². The van der Waals surface area contributed by atoms with E-state index in [1.165, 1.54) is 30.2 Å². The lowest BCUT2D eigenvalue weighted by Crippen LogP contribution is -2.51. The summed E-state index contributed by atoms with van der Waals surface area (Å²) in [6.45, 7) is 3.44. The summed E-state index contributed by atoms with van der Waals surface area (Å²) in [4.78, 5) is 53.7. The number of urea groups is 1. The van der Waals surface area contributed by atoms with Gasteiger partial charge in [-0.1, -0.05) is 54.9 Å². The largest absolute Gasteiger partial charge is 0.494 e. The van der Waals surface area contributed by atoms with Gasteiger partial charge in [0.1, 0.15) is 11.6 Å². The first-order chi connectivity index (χ1) is 28.3. The summed E-state index contributed by atoms with van der Waals surface area (Å²) in [7, 11) is 3.05. The number of methoxy groups -OCH3 is 1. The third kappa shape index (κ3) is 7.01. The Morgan fingerprint density at radius 1 is 1.05 bits per heavy atom. The number of carbonyl (C=O) groups is 4. The van der Waals surface area contributed by atoms with Crippen LogP contribution in [-0.2, 0) is 28.7 Å². The van der Waals surface area contributed by atoms with Gasteiger partial charge in [-0.25, -0.2) is 13.6 Å². The molecule has 306 valence electrons. The smallest absolute Gasteiger partial charge is 0.329 e. The van der Waals surface area contributed by atoms with Crippen molar-refractivity contribution < 1.29 is 37.4 Å². The van der Waals surface area contributed by atoms with Gasteiger partial charge in [0.05, 0.1) is 29.6 Å². The van der Waals surface area contributed by atoms with Crippen molar-refractivity contribution in [1.82, 2.24) is 25.3 Å². The minimum Gasteiger partial charge on any atom is -0.494 e. The van der Waals surface area contributed by atoms with Crippen LogP contribution in [0.15, 0.2) is 66.7 Å². The van der Waals surface area contributed by atoms with E-state index in [1.807, 2.05) is 60.4 Å². The van der Waals surface area contributed by atoms with Gasteiger partial charge in [-0.2, -0.15) is 5.10 Å². The van der Waals surface area contributed by atoms with Gasteiger partial charge in [0.25, 0.3) is 0 Å². The summed E-state index contributed by atoms with van der Waals surface area (Å²) in [5, 5.41) is 10.9. The highest BCUT2D eigenvalue weighted by molar-refractivity contribution is 6.34. The third-order valence-electron chi connectivity index (χ3n) is 11.8. The fourth-order valence-electron chi connectivity index (χ4n) is 8.65. The molecular weight excluding hydrogens is 784 g/mol. The summed E-state index contributed by atoms with van der Waals surface area (Å²) in [5.41, 5.74) is 6.90. The number of likely N-dealkylation sites (tertiary alicyclic amines) is 1. The Morgan fingerprint density at radius 3 is 2.49 bits per heavy atom. The number of imide groups is 1. The lowest BCUT2D eigenvalue weighted by atomic mass is 9.77. The number of fused-ring (bicyclic) bond motifs is 2. The average molecular weight is 826 g/mol. The summed E-state index contributed by atoms with van der Waals surface area (Å²) < 4.78 is 45.5. The first-order valence-electron chi connectivity index (χ1n) is 19.3. The molecule has 4 N–H and O–H groups in total. The Kier molecular flexibility index (Phi) is 10.5. The molecule has 5 aromatic rings. The van der Waals surface area contributed by atoms with Crippen LogP contribution in [0.4, 0.5) is 19.4 Å². The van der Waals surface area contributed by atoms with Gasteiger partial charge in [0, 0.05) is 79.8 Å². The van der Waals surface area contributed by atoms with Gasteiger partial charge in [0.2, 0.25) is 17.7 Å². The first-order valence-corrected chi connectivity index (χ1v) is 19.7. The van der Waals surface area contributed by atoms with Crippen molar-refractivity contribution in [2.75, 3.05) is 38.2 Å². The van der Waals surface area contributed by atoms with Crippen LogP contribution < -0.4 is 30.7 Å². The molecular formula is C43H42ClF2N7O6. The van der Waals surface area contributed by atoms with Crippen molar-refractivity contribution in [2.24, 2.45) is 12.8 Å². The molecule has 2 fully saturated rings.